The minimum atomic E-state index is 0.603. The summed E-state index contributed by atoms with van der Waals surface area (Å²) in [6.45, 7) is 4.70. The monoisotopic (exact) mass is 353 g/mol. The Morgan fingerprint density at radius 1 is 1.12 bits per heavy atom. The SMILES string of the molecule is CN(C)C(=NCc1ccc(N2CCOCC2)nc1)NCc1ccccc1. The number of rotatable bonds is 5. The average Bonchev–Trinajstić information content (AvgIpc) is 2.69. The van der Waals surface area contributed by atoms with Crippen LogP contribution >= 0.6 is 0 Å². The summed E-state index contributed by atoms with van der Waals surface area (Å²) in [5.41, 5.74) is 2.33. The third-order valence-corrected chi connectivity index (χ3v) is 4.27. The lowest BCUT2D eigenvalue weighted by molar-refractivity contribution is 0.122. The summed E-state index contributed by atoms with van der Waals surface area (Å²) < 4.78 is 5.39. The highest BCUT2D eigenvalue weighted by Gasteiger charge is 2.11. The zero-order chi connectivity index (χ0) is 18.2. The van der Waals surface area contributed by atoms with Gasteiger partial charge in [0.1, 0.15) is 5.82 Å². The molecule has 0 atom stereocenters. The third-order valence-electron chi connectivity index (χ3n) is 4.27. The normalized spacial score (nSPS) is 15.0. The van der Waals surface area contributed by atoms with Gasteiger partial charge >= 0.3 is 0 Å². The molecule has 1 aliphatic heterocycles. The number of morpholine rings is 1. The molecule has 1 saturated heterocycles. The Kier molecular flexibility index (Phi) is 6.44. The van der Waals surface area contributed by atoms with E-state index in [0.29, 0.717) is 6.54 Å². The van der Waals surface area contributed by atoms with E-state index in [1.807, 2.05) is 43.4 Å². The lowest BCUT2D eigenvalue weighted by Gasteiger charge is -2.27. The number of hydrogen-bond donors (Lipinski definition) is 1. The van der Waals surface area contributed by atoms with E-state index in [9.17, 15) is 0 Å². The van der Waals surface area contributed by atoms with Gasteiger partial charge in [0.05, 0.1) is 19.8 Å². The lowest BCUT2D eigenvalue weighted by atomic mass is 10.2. The van der Waals surface area contributed by atoms with Gasteiger partial charge in [-0.3, -0.25) is 0 Å². The number of anilines is 1. The Hall–Kier alpha value is -2.60. The van der Waals surface area contributed by atoms with E-state index in [0.717, 1.165) is 50.2 Å². The summed E-state index contributed by atoms with van der Waals surface area (Å²) in [6.07, 6.45) is 1.92. The second-order valence-electron chi connectivity index (χ2n) is 6.50. The molecule has 2 aromatic rings. The average molecular weight is 353 g/mol. The quantitative estimate of drug-likeness (QED) is 0.659. The number of benzene rings is 1. The molecular weight excluding hydrogens is 326 g/mol. The van der Waals surface area contributed by atoms with Crippen LogP contribution in [0.15, 0.2) is 53.7 Å². The zero-order valence-corrected chi connectivity index (χ0v) is 15.6. The number of ether oxygens (including phenoxy) is 1. The minimum absolute atomic E-state index is 0.603. The van der Waals surface area contributed by atoms with E-state index >= 15 is 0 Å². The van der Waals surface area contributed by atoms with Gasteiger partial charge in [-0.2, -0.15) is 0 Å². The first-order valence-electron chi connectivity index (χ1n) is 8.99. The summed E-state index contributed by atoms with van der Waals surface area (Å²) in [4.78, 5) is 13.5. The van der Waals surface area contributed by atoms with Crippen LogP contribution in [-0.2, 0) is 17.8 Å². The number of aliphatic imine (C=N–C) groups is 1. The molecule has 0 radical (unpaired) electrons. The number of guanidine groups is 1. The molecule has 2 heterocycles. The van der Waals surface area contributed by atoms with Crippen LogP contribution in [0.2, 0.25) is 0 Å². The maximum atomic E-state index is 5.39. The number of nitrogens with zero attached hydrogens (tertiary/aromatic N) is 4. The van der Waals surface area contributed by atoms with Gasteiger partial charge in [0.15, 0.2) is 5.96 Å². The van der Waals surface area contributed by atoms with Crippen molar-refractivity contribution in [3.8, 4) is 0 Å². The molecule has 0 saturated carbocycles. The van der Waals surface area contributed by atoms with Crippen LogP contribution < -0.4 is 10.2 Å². The molecule has 1 N–H and O–H groups in total. The van der Waals surface area contributed by atoms with Crippen LogP contribution in [0.25, 0.3) is 0 Å². The first kappa shape index (κ1) is 18.2. The van der Waals surface area contributed by atoms with E-state index in [4.69, 9.17) is 9.73 Å². The largest absolute Gasteiger partial charge is 0.378 e. The van der Waals surface area contributed by atoms with Gasteiger partial charge in [0.25, 0.3) is 0 Å². The first-order valence-corrected chi connectivity index (χ1v) is 8.99. The summed E-state index contributed by atoms with van der Waals surface area (Å²) in [5, 5.41) is 3.40. The van der Waals surface area contributed by atoms with Crippen molar-refractivity contribution >= 4 is 11.8 Å². The highest BCUT2D eigenvalue weighted by molar-refractivity contribution is 5.79. The van der Waals surface area contributed by atoms with Crippen molar-refractivity contribution in [2.45, 2.75) is 13.1 Å². The second kappa shape index (κ2) is 9.20. The molecule has 3 rings (SSSR count). The Bertz CT molecular complexity index is 694. The van der Waals surface area contributed by atoms with E-state index < -0.39 is 0 Å². The van der Waals surface area contributed by atoms with Crippen LogP contribution in [0.5, 0.6) is 0 Å². The summed E-state index contributed by atoms with van der Waals surface area (Å²) in [6, 6.07) is 14.5. The van der Waals surface area contributed by atoms with Gasteiger partial charge in [-0.05, 0) is 17.2 Å². The molecule has 0 bridgehead atoms. The van der Waals surface area contributed by atoms with Crippen LogP contribution in [0, 0.1) is 0 Å². The summed E-state index contributed by atoms with van der Waals surface area (Å²) in [7, 11) is 3.99. The molecule has 138 valence electrons. The van der Waals surface area contributed by atoms with E-state index in [2.05, 4.69) is 39.5 Å². The van der Waals surface area contributed by atoms with Gasteiger partial charge in [-0.15, -0.1) is 0 Å². The van der Waals surface area contributed by atoms with Crippen molar-refractivity contribution < 1.29 is 4.74 Å². The van der Waals surface area contributed by atoms with Crippen molar-refractivity contribution in [2.24, 2.45) is 4.99 Å². The highest BCUT2D eigenvalue weighted by Crippen LogP contribution is 2.13. The summed E-state index contributed by atoms with van der Waals surface area (Å²) >= 11 is 0. The standard InChI is InChI=1S/C20H27N5O/c1-24(2)20(22-14-17-6-4-3-5-7-17)23-16-18-8-9-19(21-15-18)25-10-12-26-13-11-25/h3-9,15H,10-14,16H2,1-2H3,(H,22,23). The molecular formula is C20H27N5O. The van der Waals surface area contributed by atoms with Crippen molar-refractivity contribution in [3.05, 3.63) is 59.8 Å². The Labute approximate surface area is 155 Å². The molecule has 1 aliphatic rings. The molecule has 0 amide bonds. The van der Waals surface area contributed by atoms with Crippen LogP contribution in [0.3, 0.4) is 0 Å². The van der Waals surface area contributed by atoms with Crippen LogP contribution in [0.1, 0.15) is 11.1 Å². The second-order valence-corrected chi connectivity index (χ2v) is 6.50. The molecule has 1 fully saturated rings. The maximum Gasteiger partial charge on any atom is 0.194 e. The van der Waals surface area contributed by atoms with E-state index in [-0.39, 0.29) is 0 Å². The molecule has 26 heavy (non-hydrogen) atoms. The minimum Gasteiger partial charge on any atom is -0.378 e. The van der Waals surface area contributed by atoms with E-state index in [1.54, 1.807) is 0 Å². The number of aromatic nitrogens is 1. The van der Waals surface area contributed by atoms with Gasteiger partial charge in [0.2, 0.25) is 0 Å². The molecule has 0 spiro atoms. The predicted molar refractivity (Wildman–Crippen MR) is 105 cm³/mol. The van der Waals surface area contributed by atoms with Crippen molar-refractivity contribution in [1.82, 2.24) is 15.2 Å². The Morgan fingerprint density at radius 3 is 2.54 bits per heavy atom. The molecule has 6 heteroatoms. The molecule has 1 aromatic carbocycles. The highest BCUT2D eigenvalue weighted by atomic mass is 16.5. The topological polar surface area (TPSA) is 53.0 Å². The van der Waals surface area contributed by atoms with Crippen molar-refractivity contribution in [1.29, 1.82) is 0 Å². The smallest absolute Gasteiger partial charge is 0.194 e. The summed E-state index contributed by atoms with van der Waals surface area (Å²) in [5.74, 6) is 1.88. The third kappa shape index (κ3) is 5.20. The molecule has 1 aromatic heterocycles. The number of nitrogens with one attached hydrogen (secondary N) is 1. The predicted octanol–water partition coefficient (Wildman–Crippen LogP) is 2.13. The maximum absolute atomic E-state index is 5.39. The molecule has 0 aliphatic carbocycles. The first-order chi connectivity index (χ1) is 12.7. The fourth-order valence-electron chi connectivity index (χ4n) is 2.79. The number of hydrogen-bond acceptors (Lipinski definition) is 4. The Balaban J connectivity index is 1.58. The van der Waals surface area contributed by atoms with Crippen molar-refractivity contribution in [2.75, 3.05) is 45.3 Å². The van der Waals surface area contributed by atoms with Crippen LogP contribution in [-0.4, -0.2) is 56.2 Å². The number of pyridine rings is 1. The van der Waals surface area contributed by atoms with Gasteiger partial charge in [-0.1, -0.05) is 36.4 Å². The van der Waals surface area contributed by atoms with Crippen molar-refractivity contribution in [3.63, 3.8) is 0 Å². The van der Waals surface area contributed by atoms with Crippen LogP contribution in [0.4, 0.5) is 5.82 Å². The van der Waals surface area contributed by atoms with Gasteiger partial charge < -0.3 is 19.9 Å². The molecule has 0 unspecified atom stereocenters. The van der Waals surface area contributed by atoms with Gasteiger partial charge in [-0.25, -0.2) is 9.98 Å². The lowest BCUT2D eigenvalue weighted by Crippen LogP contribution is -2.36. The molecule has 6 nitrogen and oxygen atoms in total. The van der Waals surface area contributed by atoms with Gasteiger partial charge in [0, 0.05) is 39.9 Å². The van der Waals surface area contributed by atoms with E-state index in [1.165, 1.54) is 5.56 Å². The zero-order valence-electron chi connectivity index (χ0n) is 15.6. The fraction of sp³-hybridized carbons (Fsp3) is 0.400. The fourth-order valence-corrected chi connectivity index (χ4v) is 2.79. The Morgan fingerprint density at radius 2 is 1.88 bits per heavy atom.